The number of nitrogen functional groups attached to an aromatic ring is 1. The highest BCUT2D eigenvalue weighted by atomic mass is 35.5. The number of nitrogens with two attached hydrogens (primary N) is 1. The minimum absolute atomic E-state index is 0.0536. The SMILES string of the molecule is CC.CCNP(COCCn1cnc2c(=O)[nH]c(N)nc21)OCc1ccc(OC)c(Cl)c1.CCOC=O. The molecule has 2 aromatic heterocycles. The third kappa shape index (κ3) is 11.0. The molecule has 4 N–H and O–H groups in total. The van der Waals surface area contributed by atoms with Crippen molar-refractivity contribution in [1.82, 2.24) is 24.6 Å². The third-order valence-corrected chi connectivity index (χ3v) is 6.17. The number of hydrogen-bond acceptors (Lipinski definition) is 10. The van der Waals surface area contributed by atoms with Gasteiger partial charge in [0.05, 0.1) is 38.3 Å². The van der Waals surface area contributed by atoms with E-state index in [1.54, 1.807) is 24.9 Å². The first-order valence-corrected chi connectivity index (χ1v) is 13.6. The van der Waals surface area contributed by atoms with E-state index in [4.69, 9.17) is 31.3 Å². The fourth-order valence-electron chi connectivity index (χ4n) is 2.77. The number of ether oxygens (including phenoxy) is 3. The number of nitrogens with one attached hydrogen (secondary N) is 2. The van der Waals surface area contributed by atoms with E-state index in [1.165, 1.54) is 0 Å². The van der Waals surface area contributed by atoms with E-state index >= 15 is 0 Å². The van der Waals surface area contributed by atoms with E-state index < -0.39 is 8.30 Å². The van der Waals surface area contributed by atoms with Gasteiger partial charge in [-0.2, -0.15) is 4.98 Å². The molecule has 0 fully saturated rings. The maximum atomic E-state index is 11.8. The number of rotatable bonds is 13. The molecule has 0 amide bonds. The van der Waals surface area contributed by atoms with Crippen molar-refractivity contribution in [3.8, 4) is 5.75 Å². The molecule has 0 aliphatic heterocycles. The number of carbonyl (C=O) groups excluding carboxylic acids is 1. The Morgan fingerprint density at radius 3 is 2.65 bits per heavy atom. The summed E-state index contributed by atoms with van der Waals surface area (Å²) in [6.07, 6.45) is 1.96. The molecular weight excluding hydrogens is 523 g/mol. The Balaban J connectivity index is 0.000000874. The lowest BCUT2D eigenvalue weighted by Gasteiger charge is -2.18. The molecule has 0 spiro atoms. The second-order valence-electron chi connectivity index (χ2n) is 6.78. The standard InChI is InChI=1S/C18H24ClN6O4P.C3H6O2.C2H6/c1-3-22-30(29-9-12-4-5-14(27-2)13(19)8-12)11-28-7-6-25-10-21-15-16(25)23-18(20)24-17(15)26;1-2-5-3-4;1-2/h4-5,8,10,22H,3,6-7,9,11H2,1-2H3,(H3,20,23,24,26);3H,2H2,1H3;1-2H3. The van der Waals surface area contributed by atoms with Gasteiger partial charge in [-0.1, -0.05) is 38.4 Å². The van der Waals surface area contributed by atoms with Crippen LogP contribution in [-0.4, -0.2) is 59.2 Å². The molecule has 0 aliphatic rings. The Labute approximate surface area is 222 Å². The van der Waals surface area contributed by atoms with Crippen LogP contribution in [0.25, 0.3) is 11.2 Å². The van der Waals surface area contributed by atoms with Gasteiger partial charge in [-0.25, -0.2) is 4.98 Å². The van der Waals surface area contributed by atoms with Crippen LogP contribution in [-0.2, 0) is 31.9 Å². The average Bonchev–Trinajstić information content (AvgIpc) is 3.30. The van der Waals surface area contributed by atoms with Gasteiger partial charge < -0.3 is 29.0 Å². The summed E-state index contributed by atoms with van der Waals surface area (Å²) in [5.74, 6) is 0.681. The summed E-state index contributed by atoms with van der Waals surface area (Å²) in [4.78, 5) is 31.7. The quantitative estimate of drug-likeness (QED) is 0.161. The Bertz CT molecular complexity index is 1130. The zero-order valence-corrected chi connectivity index (χ0v) is 23.5. The second kappa shape index (κ2) is 18.5. The zero-order valence-electron chi connectivity index (χ0n) is 21.8. The van der Waals surface area contributed by atoms with E-state index in [9.17, 15) is 9.59 Å². The van der Waals surface area contributed by atoms with Gasteiger partial charge in [0, 0.05) is 6.54 Å². The van der Waals surface area contributed by atoms with Crippen molar-refractivity contribution in [2.75, 3.05) is 38.9 Å². The smallest absolute Gasteiger partial charge is 0.293 e. The van der Waals surface area contributed by atoms with Crippen LogP contribution in [0.2, 0.25) is 5.02 Å². The molecule has 3 rings (SSSR count). The zero-order chi connectivity index (χ0) is 27.6. The number of anilines is 1. The van der Waals surface area contributed by atoms with Gasteiger partial charge >= 0.3 is 0 Å². The average molecular weight is 559 g/mol. The Morgan fingerprint density at radius 2 is 2.05 bits per heavy atom. The van der Waals surface area contributed by atoms with Gasteiger partial charge in [0.25, 0.3) is 12.0 Å². The molecule has 2 heterocycles. The van der Waals surface area contributed by atoms with Crippen LogP contribution in [0, 0.1) is 0 Å². The summed E-state index contributed by atoms with van der Waals surface area (Å²) in [6, 6.07) is 5.55. The molecule has 206 valence electrons. The van der Waals surface area contributed by atoms with Gasteiger partial charge in [-0.15, -0.1) is 0 Å². The topological polar surface area (TPSA) is 156 Å². The molecule has 0 saturated carbocycles. The van der Waals surface area contributed by atoms with E-state index in [0.29, 0.717) is 55.6 Å². The molecule has 1 unspecified atom stereocenters. The van der Waals surface area contributed by atoms with Crippen molar-refractivity contribution in [3.05, 3.63) is 45.5 Å². The first kappa shape index (κ1) is 32.3. The van der Waals surface area contributed by atoms with Crippen molar-refractivity contribution < 1.29 is 23.5 Å². The number of benzene rings is 1. The number of methoxy groups -OCH3 is 1. The summed E-state index contributed by atoms with van der Waals surface area (Å²) in [5, 5.41) is 3.84. The Kier molecular flexibility index (Phi) is 16.1. The van der Waals surface area contributed by atoms with E-state index in [-0.39, 0.29) is 17.0 Å². The lowest BCUT2D eigenvalue weighted by molar-refractivity contribution is -0.128. The van der Waals surface area contributed by atoms with Crippen LogP contribution in [0.1, 0.15) is 33.3 Å². The van der Waals surface area contributed by atoms with Crippen molar-refractivity contribution in [2.45, 2.75) is 40.8 Å². The van der Waals surface area contributed by atoms with Crippen molar-refractivity contribution in [1.29, 1.82) is 0 Å². The van der Waals surface area contributed by atoms with Gasteiger partial charge in [-0.05, 0) is 31.2 Å². The van der Waals surface area contributed by atoms with Crippen LogP contribution >= 0.6 is 19.9 Å². The van der Waals surface area contributed by atoms with Crippen LogP contribution in [0.4, 0.5) is 5.95 Å². The van der Waals surface area contributed by atoms with Crippen LogP contribution in [0.15, 0.2) is 29.3 Å². The molecule has 0 radical (unpaired) electrons. The van der Waals surface area contributed by atoms with Crippen molar-refractivity contribution in [3.63, 3.8) is 0 Å². The predicted molar refractivity (Wildman–Crippen MR) is 146 cm³/mol. The van der Waals surface area contributed by atoms with Gasteiger partial charge in [0.1, 0.15) is 20.4 Å². The van der Waals surface area contributed by atoms with Crippen molar-refractivity contribution in [2.24, 2.45) is 0 Å². The number of imidazole rings is 1. The van der Waals surface area contributed by atoms with E-state index in [2.05, 4.69) is 24.8 Å². The molecule has 0 bridgehead atoms. The Morgan fingerprint density at radius 1 is 1.30 bits per heavy atom. The van der Waals surface area contributed by atoms with Crippen molar-refractivity contribution >= 4 is 43.5 Å². The third-order valence-electron chi connectivity index (χ3n) is 4.35. The molecule has 1 atom stereocenters. The number of fused-ring (bicyclic) bond motifs is 1. The minimum atomic E-state index is -0.981. The van der Waals surface area contributed by atoms with Gasteiger partial charge in [0.2, 0.25) is 5.95 Å². The number of nitrogens with zero attached hydrogens (tertiary/aromatic N) is 3. The monoisotopic (exact) mass is 558 g/mol. The van der Waals surface area contributed by atoms with Gasteiger partial charge in [0.15, 0.2) is 11.2 Å². The number of halogens is 1. The van der Waals surface area contributed by atoms with Gasteiger partial charge in [-0.3, -0.25) is 19.7 Å². The predicted octanol–water partition coefficient (Wildman–Crippen LogP) is 3.68. The number of aromatic amines is 1. The molecule has 3 aromatic rings. The molecule has 12 nitrogen and oxygen atoms in total. The van der Waals surface area contributed by atoms with Crippen LogP contribution < -0.4 is 21.1 Å². The molecular formula is C23H36ClN6O6P. The lowest BCUT2D eigenvalue weighted by Crippen LogP contribution is -2.15. The number of aromatic nitrogens is 4. The fourth-order valence-corrected chi connectivity index (χ4v) is 4.26. The Hall–Kier alpha value is -2.76. The first-order valence-electron chi connectivity index (χ1n) is 11.7. The molecule has 37 heavy (non-hydrogen) atoms. The summed E-state index contributed by atoms with van der Waals surface area (Å²) < 4.78 is 22.8. The normalized spacial score (nSPS) is 11.1. The summed E-state index contributed by atoms with van der Waals surface area (Å²) >= 11 is 6.16. The number of hydrogen-bond donors (Lipinski definition) is 3. The highest BCUT2D eigenvalue weighted by Gasteiger charge is 2.12. The lowest BCUT2D eigenvalue weighted by atomic mass is 10.2. The van der Waals surface area contributed by atoms with Crippen LogP contribution in [0.5, 0.6) is 5.75 Å². The second-order valence-corrected chi connectivity index (χ2v) is 8.78. The fraction of sp³-hybridized carbons (Fsp3) is 0.478. The van der Waals surface area contributed by atoms with E-state index in [0.717, 1.165) is 12.1 Å². The first-order chi connectivity index (χ1) is 17.9. The maximum absolute atomic E-state index is 11.8. The molecule has 0 aliphatic carbocycles. The molecule has 0 saturated heterocycles. The highest BCUT2D eigenvalue weighted by molar-refractivity contribution is 7.50. The minimum Gasteiger partial charge on any atom is -0.495 e. The van der Waals surface area contributed by atoms with E-state index in [1.807, 2.05) is 39.0 Å². The summed E-state index contributed by atoms with van der Waals surface area (Å²) in [5.41, 5.74) is 6.88. The largest absolute Gasteiger partial charge is 0.495 e. The maximum Gasteiger partial charge on any atom is 0.293 e. The summed E-state index contributed by atoms with van der Waals surface area (Å²) in [6.45, 7) is 10.7. The number of carbonyl (C=O) groups is 1. The van der Waals surface area contributed by atoms with Crippen LogP contribution in [0.3, 0.4) is 0 Å². The number of H-pyrrole nitrogens is 1. The summed E-state index contributed by atoms with van der Waals surface area (Å²) in [7, 11) is 0.597. The molecule has 14 heteroatoms. The molecule has 1 aromatic carbocycles. The highest BCUT2D eigenvalue weighted by Crippen LogP contribution is 2.34.